The van der Waals surface area contributed by atoms with Crippen molar-refractivity contribution < 1.29 is 9.53 Å². The summed E-state index contributed by atoms with van der Waals surface area (Å²) in [6.07, 6.45) is 3.69. The van der Waals surface area contributed by atoms with E-state index in [0.717, 1.165) is 31.7 Å². The van der Waals surface area contributed by atoms with Crippen molar-refractivity contribution in [3.63, 3.8) is 0 Å². The smallest absolute Gasteiger partial charge is 0.222 e. The van der Waals surface area contributed by atoms with Crippen LogP contribution in [0.3, 0.4) is 0 Å². The standard InChI is InChI=1S/C17H24N2O2.ClH/c1-21-14-6-2-12(3-7-14)4-9-17(20)19-10-13-5-8-16(18)15(13)11-19;/h2-3,6-7,13,15-16H,4-5,8-11,18H2,1H3;1H. The van der Waals surface area contributed by atoms with E-state index in [4.69, 9.17) is 10.5 Å². The van der Waals surface area contributed by atoms with Gasteiger partial charge in [0.2, 0.25) is 5.91 Å². The number of methoxy groups -OCH3 is 1. The number of aryl methyl sites for hydroxylation is 1. The molecule has 2 aliphatic rings. The lowest BCUT2D eigenvalue weighted by atomic mass is 9.98. The molecule has 1 heterocycles. The first kappa shape index (κ1) is 17.1. The highest BCUT2D eigenvalue weighted by Gasteiger charge is 2.42. The first-order valence-electron chi connectivity index (χ1n) is 7.83. The van der Waals surface area contributed by atoms with Crippen molar-refractivity contribution in [2.75, 3.05) is 20.2 Å². The van der Waals surface area contributed by atoms with Gasteiger partial charge in [0.1, 0.15) is 5.75 Å². The summed E-state index contributed by atoms with van der Waals surface area (Å²) in [6.45, 7) is 1.78. The Labute approximate surface area is 138 Å². The normalized spacial score (nSPS) is 26.5. The first-order valence-corrected chi connectivity index (χ1v) is 7.83. The number of carbonyl (C=O) groups excluding carboxylic acids is 1. The van der Waals surface area contributed by atoms with Crippen LogP contribution >= 0.6 is 12.4 Å². The van der Waals surface area contributed by atoms with Gasteiger partial charge < -0.3 is 15.4 Å². The number of amides is 1. The van der Waals surface area contributed by atoms with Crippen LogP contribution in [0.5, 0.6) is 5.75 Å². The third-order valence-electron chi connectivity index (χ3n) is 5.05. The fraction of sp³-hybridized carbons (Fsp3) is 0.588. The Hall–Kier alpha value is -1.26. The van der Waals surface area contributed by atoms with Crippen molar-refractivity contribution in [3.05, 3.63) is 29.8 Å². The van der Waals surface area contributed by atoms with Gasteiger partial charge in [0, 0.05) is 25.6 Å². The summed E-state index contributed by atoms with van der Waals surface area (Å²) in [5, 5.41) is 0. The van der Waals surface area contributed by atoms with Crippen LogP contribution in [-0.2, 0) is 11.2 Å². The monoisotopic (exact) mass is 324 g/mol. The topological polar surface area (TPSA) is 55.6 Å². The molecule has 3 rings (SSSR count). The molecule has 5 heteroatoms. The molecule has 3 unspecified atom stereocenters. The van der Waals surface area contributed by atoms with Crippen LogP contribution in [0.1, 0.15) is 24.8 Å². The molecule has 0 radical (unpaired) electrons. The Balaban J connectivity index is 0.00000176. The van der Waals surface area contributed by atoms with E-state index in [1.807, 2.05) is 29.2 Å². The second kappa shape index (κ2) is 7.34. The van der Waals surface area contributed by atoms with Gasteiger partial charge in [-0.05, 0) is 48.8 Å². The number of benzene rings is 1. The van der Waals surface area contributed by atoms with Crippen molar-refractivity contribution >= 4 is 18.3 Å². The van der Waals surface area contributed by atoms with E-state index >= 15 is 0 Å². The van der Waals surface area contributed by atoms with Gasteiger partial charge in [0.15, 0.2) is 0 Å². The lowest BCUT2D eigenvalue weighted by Crippen LogP contribution is -2.33. The van der Waals surface area contributed by atoms with E-state index in [9.17, 15) is 4.79 Å². The minimum atomic E-state index is 0. The number of nitrogens with zero attached hydrogens (tertiary/aromatic N) is 1. The van der Waals surface area contributed by atoms with Crippen molar-refractivity contribution in [2.45, 2.75) is 31.7 Å². The summed E-state index contributed by atoms with van der Waals surface area (Å²) in [6, 6.07) is 8.24. The molecule has 0 bridgehead atoms. The van der Waals surface area contributed by atoms with Crippen LogP contribution in [0, 0.1) is 11.8 Å². The zero-order valence-corrected chi connectivity index (χ0v) is 13.8. The Morgan fingerprint density at radius 1 is 1.27 bits per heavy atom. The van der Waals surface area contributed by atoms with E-state index in [1.54, 1.807) is 7.11 Å². The molecule has 22 heavy (non-hydrogen) atoms. The largest absolute Gasteiger partial charge is 0.497 e. The van der Waals surface area contributed by atoms with E-state index < -0.39 is 0 Å². The molecule has 122 valence electrons. The Bertz CT molecular complexity index is 506. The van der Waals surface area contributed by atoms with E-state index in [-0.39, 0.29) is 18.3 Å². The molecule has 1 amide bonds. The molecular weight excluding hydrogens is 300 g/mol. The maximum Gasteiger partial charge on any atom is 0.222 e. The average molecular weight is 325 g/mol. The van der Waals surface area contributed by atoms with Crippen molar-refractivity contribution in [2.24, 2.45) is 17.6 Å². The summed E-state index contributed by atoms with van der Waals surface area (Å²) in [4.78, 5) is 14.4. The Kier molecular flexibility index (Phi) is 5.70. The maximum absolute atomic E-state index is 12.3. The van der Waals surface area contributed by atoms with Gasteiger partial charge >= 0.3 is 0 Å². The number of fused-ring (bicyclic) bond motifs is 1. The number of carbonyl (C=O) groups is 1. The first-order chi connectivity index (χ1) is 10.2. The van der Waals surface area contributed by atoms with Gasteiger partial charge in [-0.3, -0.25) is 4.79 Å². The summed E-state index contributed by atoms with van der Waals surface area (Å²) in [7, 11) is 1.66. The van der Waals surface area contributed by atoms with Crippen LogP contribution in [0.25, 0.3) is 0 Å². The lowest BCUT2D eigenvalue weighted by Gasteiger charge is -2.18. The number of rotatable bonds is 4. The van der Waals surface area contributed by atoms with Gasteiger partial charge in [-0.15, -0.1) is 12.4 Å². The molecule has 1 aromatic carbocycles. The second-order valence-electron chi connectivity index (χ2n) is 6.31. The summed E-state index contributed by atoms with van der Waals surface area (Å²) in [5.41, 5.74) is 7.31. The lowest BCUT2D eigenvalue weighted by molar-refractivity contribution is -0.130. The van der Waals surface area contributed by atoms with Gasteiger partial charge in [0.05, 0.1) is 7.11 Å². The third-order valence-corrected chi connectivity index (χ3v) is 5.05. The van der Waals surface area contributed by atoms with Gasteiger partial charge in [0.25, 0.3) is 0 Å². The van der Waals surface area contributed by atoms with Gasteiger partial charge in [-0.1, -0.05) is 12.1 Å². The van der Waals surface area contributed by atoms with Crippen LogP contribution < -0.4 is 10.5 Å². The van der Waals surface area contributed by atoms with E-state index in [0.29, 0.717) is 24.3 Å². The molecule has 1 aliphatic carbocycles. The van der Waals surface area contributed by atoms with E-state index in [1.165, 1.54) is 12.0 Å². The quantitative estimate of drug-likeness (QED) is 0.924. The number of likely N-dealkylation sites (tertiary alicyclic amines) is 1. The fourth-order valence-electron chi connectivity index (χ4n) is 3.71. The highest BCUT2D eigenvalue weighted by molar-refractivity contribution is 5.85. The van der Waals surface area contributed by atoms with E-state index in [2.05, 4.69) is 0 Å². The molecule has 1 aliphatic heterocycles. The molecule has 0 spiro atoms. The predicted molar refractivity (Wildman–Crippen MR) is 89.3 cm³/mol. The highest BCUT2D eigenvalue weighted by Crippen LogP contribution is 2.37. The molecule has 1 aromatic rings. The third kappa shape index (κ3) is 3.55. The van der Waals surface area contributed by atoms with Crippen molar-refractivity contribution in [1.82, 2.24) is 4.90 Å². The van der Waals surface area contributed by atoms with Gasteiger partial charge in [-0.25, -0.2) is 0 Å². The Morgan fingerprint density at radius 3 is 2.64 bits per heavy atom. The zero-order valence-electron chi connectivity index (χ0n) is 13.0. The minimum absolute atomic E-state index is 0. The molecule has 4 nitrogen and oxygen atoms in total. The predicted octanol–water partition coefficient (Wildman–Crippen LogP) is 2.25. The van der Waals surface area contributed by atoms with Gasteiger partial charge in [-0.2, -0.15) is 0 Å². The SMILES string of the molecule is COc1ccc(CCC(=O)N2CC3CCC(N)C3C2)cc1.Cl. The van der Waals surface area contributed by atoms with Crippen LogP contribution in [0.15, 0.2) is 24.3 Å². The zero-order chi connectivity index (χ0) is 14.8. The van der Waals surface area contributed by atoms with Crippen molar-refractivity contribution in [3.8, 4) is 5.75 Å². The molecule has 1 saturated carbocycles. The summed E-state index contributed by atoms with van der Waals surface area (Å²) < 4.78 is 5.14. The number of nitrogens with two attached hydrogens (primary N) is 1. The second-order valence-corrected chi connectivity index (χ2v) is 6.31. The molecular formula is C17H25ClN2O2. The summed E-state index contributed by atoms with van der Waals surface area (Å²) >= 11 is 0. The summed E-state index contributed by atoms with van der Waals surface area (Å²) in [5.74, 6) is 2.30. The molecule has 1 saturated heterocycles. The number of ether oxygens (including phenoxy) is 1. The molecule has 0 aromatic heterocycles. The Morgan fingerprint density at radius 2 is 2.00 bits per heavy atom. The number of hydrogen-bond donors (Lipinski definition) is 1. The number of halogens is 1. The molecule has 3 atom stereocenters. The fourth-order valence-corrected chi connectivity index (χ4v) is 3.71. The van der Waals surface area contributed by atoms with Crippen molar-refractivity contribution in [1.29, 1.82) is 0 Å². The molecule has 2 fully saturated rings. The average Bonchev–Trinajstić information content (AvgIpc) is 3.08. The minimum Gasteiger partial charge on any atom is -0.497 e. The number of hydrogen-bond acceptors (Lipinski definition) is 3. The maximum atomic E-state index is 12.3. The van der Waals surface area contributed by atoms with Crippen LogP contribution in [0.2, 0.25) is 0 Å². The van der Waals surface area contributed by atoms with Crippen LogP contribution in [-0.4, -0.2) is 37.0 Å². The van der Waals surface area contributed by atoms with Crippen LogP contribution in [0.4, 0.5) is 0 Å². The molecule has 2 N–H and O–H groups in total. The highest BCUT2D eigenvalue weighted by atomic mass is 35.5.